The number of halogens is 1. The minimum atomic E-state index is -0.393. The van der Waals surface area contributed by atoms with Gasteiger partial charge in [-0.2, -0.15) is 0 Å². The number of hydrogen-bond acceptors (Lipinski definition) is 3. The molecule has 0 radical (unpaired) electrons. The Morgan fingerprint density at radius 3 is 2.71 bits per heavy atom. The van der Waals surface area contributed by atoms with Gasteiger partial charge in [0, 0.05) is 6.07 Å². The molecule has 1 aromatic rings. The van der Waals surface area contributed by atoms with Gasteiger partial charge < -0.3 is 20.9 Å². The minimum Gasteiger partial charge on any atom is -0.493 e. The lowest BCUT2D eigenvalue weighted by atomic mass is 10.3. The summed E-state index contributed by atoms with van der Waals surface area (Å²) < 4.78 is 23.4. The SMILES string of the molecule is COc1ccc(F)cc1OCC(C)N=C(N)N. The van der Waals surface area contributed by atoms with Gasteiger partial charge in [0.05, 0.1) is 13.2 Å². The van der Waals surface area contributed by atoms with Crippen molar-refractivity contribution in [3.05, 3.63) is 24.0 Å². The fourth-order valence-corrected chi connectivity index (χ4v) is 1.27. The second-order valence-electron chi connectivity index (χ2n) is 3.51. The topological polar surface area (TPSA) is 82.9 Å². The molecule has 0 bridgehead atoms. The summed E-state index contributed by atoms with van der Waals surface area (Å²) in [7, 11) is 1.49. The van der Waals surface area contributed by atoms with Crippen LogP contribution in [-0.2, 0) is 0 Å². The lowest BCUT2D eigenvalue weighted by molar-refractivity contribution is 0.277. The monoisotopic (exact) mass is 241 g/mol. The molecule has 0 aromatic heterocycles. The molecule has 1 aromatic carbocycles. The molecule has 0 saturated carbocycles. The van der Waals surface area contributed by atoms with E-state index in [1.165, 1.54) is 25.3 Å². The number of rotatable bonds is 5. The molecule has 0 fully saturated rings. The number of methoxy groups -OCH3 is 1. The Kier molecular flexibility index (Phi) is 4.56. The van der Waals surface area contributed by atoms with E-state index < -0.39 is 5.82 Å². The molecule has 0 saturated heterocycles. The van der Waals surface area contributed by atoms with Crippen molar-refractivity contribution < 1.29 is 13.9 Å². The second-order valence-corrected chi connectivity index (χ2v) is 3.51. The molecule has 4 N–H and O–H groups in total. The van der Waals surface area contributed by atoms with Crippen LogP contribution in [0.5, 0.6) is 11.5 Å². The van der Waals surface area contributed by atoms with Gasteiger partial charge in [0.1, 0.15) is 12.4 Å². The van der Waals surface area contributed by atoms with Crippen molar-refractivity contribution in [3.8, 4) is 11.5 Å². The maximum absolute atomic E-state index is 13.0. The van der Waals surface area contributed by atoms with E-state index in [0.29, 0.717) is 11.5 Å². The maximum atomic E-state index is 13.0. The third-order valence-electron chi connectivity index (χ3n) is 1.98. The van der Waals surface area contributed by atoms with Gasteiger partial charge in [-0.1, -0.05) is 0 Å². The molecule has 17 heavy (non-hydrogen) atoms. The van der Waals surface area contributed by atoms with Crippen molar-refractivity contribution in [2.24, 2.45) is 16.5 Å². The van der Waals surface area contributed by atoms with Gasteiger partial charge in [0.25, 0.3) is 0 Å². The Morgan fingerprint density at radius 2 is 2.12 bits per heavy atom. The fourth-order valence-electron chi connectivity index (χ4n) is 1.27. The number of nitrogens with zero attached hydrogens (tertiary/aromatic N) is 1. The van der Waals surface area contributed by atoms with E-state index >= 15 is 0 Å². The summed E-state index contributed by atoms with van der Waals surface area (Å²) in [5.74, 6) is 0.385. The van der Waals surface area contributed by atoms with Gasteiger partial charge in [-0.15, -0.1) is 0 Å². The third-order valence-corrected chi connectivity index (χ3v) is 1.98. The van der Waals surface area contributed by atoms with Gasteiger partial charge in [-0.25, -0.2) is 9.38 Å². The lowest BCUT2D eigenvalue weighted by Gasteiger charge is -2.12. The molecule has 1 rings (SSSR count). The molecule has 1 atom stereocenters. The minimum absolute atomic E-state index is 0.00712. The highest BCUT2D eigenvalue weighted by molar-refractivity contribution is 5.75. The number of aliphatic imine (C=N–C) groups is 1. The smallest absolute Gasteiger partial charge is 0.186 e. The Bertz CT molecular complexity index is 406. The summed E-state index contributed by atoms with van der Waals surface area (Å²) in [6.45, 7) is 2.02. The Morgan fingerprint density at radius 1 is 1.41 bits per heavy atom. The van der Waals surface area contributed by atoms with Gasteiger partial charge >= 0.3 is 0 Å². The number of benzene rings is 1. The van der Waals surface area contributed by atoms with E-state index in [0.717, 1.165) is 0 Å². The summed E-state index contributed by atoms with van der Waals surface area (Å²) in [6, 6.07) is 3.83. The zero-order chi connectivity index (χ0) is 12.8. The molecule has 5 nitrogen and oxygen atoms in total. The van der Waals surface area contributed by atoms with E-state index in [1.807, 2.05) is 0 Å². The first kappa shape index (κ1) is 13.1. The summed E-state index contributed by atoms with van der Waals surface area (Å²) >= 11 is 0. The molecule has 0 aliphatic heterocycles. The quantitative estimate of drug-likeness (QED) is 0.592. The van der Waals surface area contributed by atoms with Crippen LogP contribution in [-0.4, -0.2) is 25.7 Å². The standard InChI is InChI=1S/C11H16FN3O2/c1-7(15-11(13)14)6-17-10-5-8(12)3-4-9(10)16-2/h3-5,7H,6H2,1-2H3,(H4,13,14,15). The summed E-state index contributed by atoms with van der Waals surface area (Å²) in [5.41, 5.74) is 10.5. The van der Waals surface area contributed by atoms with Crippen LogP contribution in [0.2, 0.25) is 0 Å². The number of guanidine groups is 1. The Labute approximate surface area is 99.2 Å². The molecule has 0 aliphatic rings. The van der Waals surface area contributed by atoms with Gasteiger partial charge in [-0.05, 0) is 19.1 Å². The highest BCUT2D eigenvalue weighted by atomic mass is 19.1. The molecule has 0 amide bonds. The second kappa shape index (κ2) is 5.93. The zero-order valence-corrected chi connectivity index (χ0v) is 9.81. The first-order valence-corrected chi connectivity index (χ1v) is 5.08. The van der Waals surface area contributed by atoms with Crippen LogP contribution in [0.25, 0.3) is 0 Å². The molecule has 0 aliphatic carbocycles. The first-order valence-electron chi connectivity index (χ1n) is 5.08. The number of nitrogens with two attached hydrogens (primary N) is 2. The predicted molar refractivity (Wildman–Crippen MR) is 63.7 cm³/mol. The zero-order valence-electron chi connectivity index (χ0n) is 9.81. The average Bonchev–Trinajstić information content (AvgIpc) is 2.25. The van der Waals surface area contributed by atoms with Crippen LogP contribution in [0.4, 0.5) is 4.39 Å². The molecule has 0 spiro atoms. The van der Waals surface area contributed by atoms with E-state index in [1.54, 1.807) is 6.92 Å². The van der Waals surface area contributed by atoms with Crippen molar-refractivity contribution in [2.45, 2.75) is 13.0 Å². The third kappa shape index (κ3) is 4.18. The molecular weight excluding hydrogens is 225 g/mol. The number of ether oxygens (including phenoxy) is 2. The van der Waals surface area contributed by atoms with Crippen molar-refractivity contribution >= 4 is 5.96 Å². The van der Waals surface area contributed by atoms with E-state index in [4.69, 9.17) is 20.9 Å². The first-order chi connectivity index (χ1) is 8.02. The normalized spacial score (nSPS) is 11.7. The van der Waals surface area contributed by atoms with Crippen molar-refractivity contribution in [3.63, 3.8) is 0 Å². The van der Waals surface area contributed by atoms with Crippen LogP contribution >= 0.6 is 0 Å². The predicted octanol–water partition coefficient (Wildman–Crippen LogP) is 0.875. The number of hydrogen-bond donors (Lipinski definition) is 2. The van der Waals surface area contributed by atoms with E-state index in [-0.39, 0.29) is 18.6 Å². The van der Waals surface area contributed by atoms with E-state index in [2.05, 4.69) is 4.99 Å². The van der Waals surface area contributed by atoms with Crippen LogP contribution in [0.15, 0.2) is 23.2 Å². The van der Waals surface area contributed by atoms with Gasteiger partial charge in [-0.3, -0.25) is 0 Å². The summed E-state index contributed by atoms with van der Waals surface area (Å²) in [6.07, 6.45) is 0. The van der Waals surface area contributed by atoms with E-state index in [9.17, 15) is 4.39 Å². The fraction of sp³-hybridized carbons (Fsp3) is 0.364. The largest absolute Gasteiger partial charge is 0.493 e. The summed E-state index contributed by atoms with van der Waals surface area (Å²) in [4.78, 5) is 3.88. The van der Waals surface area contributed by atoms with Crippen LogP contribution in [0.1, 0.15) is 6.92 Å². The Balaban J connectivity index is 2.68. The Hall–Kier alpha value is -1.98. The highest BCUT2D eigenvalue weighted by Gasteiger charge is 2.08. The van der Waals surface area contributed by atoms with Crippen molar-refractivity contribution in [1.29, 1.82) is 0 Å². The van der Waals surface area contributed by atoms with Gasteiger partial charge in [0.15, 0.2) is 17.5 Å². The molecule has 6 heteroatoms. The maximum Gasteiger partial charge on any atom is 0.186 e. The van der Waals surface area contributed by atoms with Crippen LogP contribution in [0, 0.1) is 5.82 Å². The highest BCUT2D eigenvalue weighted by Crippen LogP contribution is 2.27. The molecular formula is C11H16FN3O2. The van der Waals surface area contributed by atoms with Crippen molar-refractivity contribution in [2.75, 3.05) is 13.7 Å². The average molecular weight is 241 g/mol. The summed E-state index contributed by atoms with van der Waals surface area (Å²) in [5, 5.41) is 0. The molecule has 1 unspecified atom stereocenters. The van der Waals surface area contributed by atoms with Gasteiger partial charge in [0.2, 0.25) is 0 Å². The lowest BCUT2D eigenvalue weighted by Crippen LogP contribution is -2.26. The van der Waals surface area contributed by atoms with Crippen LogP contribution < -0.4 is 20.9 Å². The molecule has 94 valence electrons. The van der Waals surface area contributed by atoms with Crippen LogP contribution in [0.3, 0.4) is 0 Å². The molecule has 0 heterocycles. The van der Waals surface area contributed by atoms with Crippen molar-refractivity contribution in [1.82, 2.24) is 0 Å².